The van der Waals surface area contributed by atoms with E-state index in [1.54, 1.807) is 32.0 Å². The second kappa shape index (κ2) is 16.2. The molecule has 11 heteroatoms. The van der Waals surface area contributed by atoms with Crippen LogP contribution in [0.5, 0.6) is 0 Å². The number of hydrogen-bond acceptors (Lipinski definition) is 6. The molecule has 2 heterocycles. The SMILES string of the molecule is C[C@H](NC(=O)C1(NC(=O)[C@@H]2CCCN2C(=O)[C@H](Cc2cn(Cc3ccccc3)cn2)NC(=O)OC(C)(C)C)CCCCC1)c1cccc2ccccc12. The van der Waals surface area contributed by atoms with Crippen LogP contribution < -0.4 is 16.0 Å². The number of carbonyl (C=O) groups excluding carboxylic acids is 4. The number of nitrogens with zero attached hydrogens (tertiary/aromatic N) is 3. The molecule has 11 nitrogen and oxygen atoms in total. The lowest BCUT2D eigenvalue weighted by Gasteiger charge is -2.39. The number of hydrogen-bond donors (Lipinski definition) is 3. The van der Waals surface area contributed by atoms with Crippen LogP contribution in [0.25, 0.3) is 10.8 Å². The molecule has 280 valence electrons. The third kappa shape index (κ3) is 9.25. The number of rotatable bonds is 11. The van der Waals surface area contributed by atoms with Gasteiger partial charge in [-0.1, -0.05) is 92.1 Å². The Morgan fingerprint density at radius 1 is 0.906 bits per heavy atom. The maximum absolute atomic E-state index is 14.3. The fraction of sp³-hybridized carbons (Fsp3) is 0.452. The lowest BCUT2D eigenvalue weighted by molar-refractivity contribution is -0.143. The molecule has 4 aromatic rings. The largest absolute Gasteiger partial charge is 0.444 e. The molecular formula is C42H52N6O5. The smallest absolute Gasteiger partial charge is 0.408 e. The summed E-state index contributed by atoms with van der Waals surface area (Å²) in [6.45, 7) is 8.21. The molecule has 0 bridgehead atoms. The topological polar surface area (TPSA) is 135 Å². The standard InChI is InChI=1S/C42H52N6O5/c1-29(33-20-13-18-31-17-9-10-19-34(31)33)44-39(51)42(22-11-6-12-23-42)46-37(49)36-21-14-24-48(36)38(50)35(45-40(52)53-41(2,3)4)25-32-27-47(28-43-32)26-30-15-7-5-8-16-30/h5,7-10,13,15-20,27-29,35-36H,6,11-12,14,21-26H2,1-4H3,(H,44,51)(H,45,52)(H,46,49)/t29-,35-,36-/m0/s1. The Kier molecular flexibility index (Phi) is 11.5. The summed E-state index contributed by atoms with van der Waals surface area (Å²) in [6, 6.07) is 22.0. The van der Waals surface area contributed by atoms with Gasteiger partial charge in [0, 0.05) is 25.7 Å². The number of carbonyl (C=O) groups is 4. The normalized spacial score (nSPS) is 18.2. The second-order valence-electron chi connectivity index (χ2n) is 15.5. The first-order valence-corrected chi connectivity index (χ1v) is 18.9. The van der Waals surface area contributed by atoms with Gasteiger partial charge >= 0.3 is 6.09 Å². The van der Waals surface area contributed by atoms with Gasteiger partial charge in [0.1, 0.15) is 23.2 Å². The molecule has 2 fully saturated rings. The van der Waals surface area contributed by atoms with E-state index in [9.17, 15) is 19.2 Å². The molecule has 1 aliphatic carbocycles. The van der Waals surface area contributed by atoms with Crippen LogP contribution in [-0.2, 0) is 32.1 Å². The van der Waals surface area contributed by atoms with Gasteiger partial charge in [-0.2, -0.15) is 0 Å². The van der Waals surface area contributed by atoms with Crippen LogP contribution >= 0.6 is 0 Å². The van der Waals surface area contributed by atoms with Gasteiger partial charge in [0.15, 0.2) is 0 Å². The minimum atomic E-state index is -1.09. The highest BCUT2D eigenvalue weighted by atomic mass is 16.6. The summed E-state index contributed by atoms with van der Waals surface area (Å²) in [7, 11) is 0. The molecule has 3 N–H and O–H groups in total. The first-order chi connectivity index (χ1) is 25.4. The second-order valence-corrected chi connectivity index (χ2v) is 15.5. The van der Waals surface area contributed by atoms with E-state index in [2.05, 4.69) is 39.1 Å². The van der Waals surface area contributed by atoms with Crippen molar-refractivity contribution in [3.63, 3.8) is 0 Å². The number of nitrogens with one attached hydrogen (secondary N) is 3. The molecule has 1 aliphatic heterocycles. The number of alkyl carbamates (subject to hydrolysis) is 1. The van der Waals surface area contributed by atoms with Crippen molar-refractivity contribution in [1.29, 1.82) is 0 Å². The third-order valence-electron chi connectivity index (χ3n) is 10.3. The molecule has 1 saturated carbocycles. The Balaban J connectivity index is 1.18. The average molecular weight is 721 g/mol. The van der Waals surface area contributed by atoms with E-state index in [1.807, 2.05) is 72.3 Å². The van der Waals surface area contributed by atoms with Gasteiger partial charge in [-0.25, -0.2) is 9.78 Å². The zero-order valence-corrected chi connectivity index (χ0v) is 31.3. The van der Waals surface area contributed by atoms with Crippen LogP contribution in [0.1, 0.15) is 95.5 Å². The fourth-order valence-corrected chi connectivity index (χ4v) is 7.68. The van der Waals surface area contributed by atoms with E-state index in [0.29, 0.717) is 44.5 Å². The van der Waals surface area contributed by atoms with Crippen LogP contribution in [0.2, 0.25) is 0 Å². The van der Waals surface area contributed by atoms with Crippen molar-refractivity contribution in [1.82, 2.24) is 30.4 Å². The lowest BCUT2D eigenvalue weighted by Crippen LogP contribution is -2.63. The van der Waals surface area contributed by atoms with E-state index in [4.69, 9.17) is 4.74 Å². The van der Waals surface area contributed by atoms with Crippen LogP contribution in [0.4, 0.5) is 4.79 Å². The summed E-state index contributed by atoms with van der Waals surface area (Å²) in [5, 5.41) is 11.3. The van der Waals surface area contributed by atoms with Crippen molar-refractivity contribution >= 4 is 34.6 Å². The average Bonchev–Trinajstić information content (AvgIpc) is 3.81. The van der Waals surface area contributed by atoms with E-state index in [-0.39, 0.29) is 24.3 Å². The highest BCUT2D eigenvalue weighted by Gasteiger charge is 2.45. The van der Waals surface area contributed by atoms with E-state index in [0.717, 1.165) is 41.2 Å². The van der Waals surface area contributed by atoms with Crippen molar-refractivity contribution in [3.05, 3.63) is 102 Å². The lowest BCUT2D eigenvalue weighted by atomic mass is 9.80. The highest BCUT2D eigenvalue weighted by molar-refractivity contribution is 5.96. The minimum Gasteiger partial charge on any atom is -0.444 e. The van der Waals surface area contributed by atoms with Crippen molar-refractivity contribution in [3.8, 4) is 0 Å². The first-order valence-electron chi connectivity index (χ1n) is 18.9. The minimum absolute atomic E-state index is 0.114. The van der Waals surface area contributed by atoms with Crippen molar-refractivity contribution in [2.75, 3.05) is 6.54 Å². The van der Waals surface area contributed by atoms with Crippen molar-refractivity contribution in [2.45, 2.75) is 115 Å². The Bertz CT molecular complexity index is 1910. The maximum Gasteiger partial charge on any atom is 0.408 e. The Morgan fingerprint density at radius 3 is 2.38 bits per heavy atom. The summed E-state index contributed by atoms with van der Waals surface area (Å²) in [5.74, 6) is -0.955. The molecule has 3 aromatic carbocycles. The van der Waals surface area contributed by atoms with Gasteiger partial charge in [-0.05, 0) is 75.3 Å². The molecule has 53 heavy (non-hydrogen) atoms. The Labute approximate surface area is 311 Å². The number of imidazole rings is 1. The van der Waals surface area contributed by atoms with Gasteiger partial charge < -0.3 is 30.2 Å². The van der Waals surface area contributed by atoms with E-state index >= 15 is 0 Å². The zero-order valence-electron chi connectivity index (χ0n) is 31.3. The monoisotopic (exact) mass is 720 g/mol. The summed E-state index contributed by atoms with van der Waals surface area (Å²) in [5.41, 5.74) is 0.869. The van der Waals surface area contributed by atoms with Gasteiger partial charge in [0.2, 0.25) is 17.7 Å². The van der Waals surface area contributed by atoms with E-state index < -0.39 is 35.2 Å². The molecule has 6 rings (SSSR count). The van der Waals surface area contributed by atoms with Crippen molar-refractivity contribution < 1.29 is 23.9 Å². The summed E-state index contributed by atoms with van der Waals surface area (Å²) < 4.78 is 7.47. The number of aromatic nitrogens is 2. The highest BCUT2D eigenvalue weighted by Crippen LogP contribution is 2.32. The Hall–Kier alpha value is -5.19. The molecule has 1 saturated heterocycles. The quantitative estimate of drug-likeness (QED) is 0.169. The molecule has 3 atom stereocenters. The van der Waals surface area contributed by atoms with Gasteiger partial charge in [-0.15, -0.1) is 0 Å². The predicted octanol–water partition coefficient (Wildman–Crippen LogP) is 6.21. The molecule has 0 spiro atoms. The van der Waals surface area contributed by atoms with Gasteiger partial charge in [0.05, 0.1) is 18.1 Å². The number of amides is 4. The van der Waals surface area contributed by atoms with E-state index in [1.165, 1.54) is 0 Å². The molecule has 0 unspecified atom stereocenters. The van der Waals surface area contributed by atoms with Gasteiger partial charge in [0.25, 0.3) is 0 Å². The van der Waals surface area contributed by atoms with Crippen LogP contribution in [0.3, 0.4) is 0 Å². The maximum atomic E-state index is 14.3. The summed E-state index contributed by atoms with van der Waals surface area (Å²) >= 11 is 0. The number of fused-ring (bicyclic) bond motifs is 1. The molecule has 0 radical (unpaired) electrons. The number of ether oxygens (including phenoxy) is 1. The number of likely N-dealkylation sites (tertiary alicyclic amines) is 1. The zero-order chi connectivity index (χ0) is 37.6. The van der Waals surface area contributed by atoms with Crippen LogP contribution in [-0.4, -0.2) is 68.0 Å². The molecule has 1 aromatic heterocycles. The summed E-state index contributed by atoms with van der Waals surface area (Å²) in [4.78, 5) is 61.9. The molecular weight excluding hydrogens is 668 g/mol. The van der Waals surface area contributed by atoms with Crippen molar-refractivity contribution in [2.24, 2.45) is 0 Å². The predicted molar refractivity (Wildman–Crippen MR) is 204 cm³/mol. The van der Waals surface area contributed by atoms with Crippen LogP contribution in [0.15, 0.2) is 85.3 Å². The third-order valence-corrected chi connectivity index (χ3v) is 10.3. The molecule has 4 amide bonds. The molecule has 2 aliphatic rings. The van der Waals surface area contributed by atoms with Gasteiger partial charge in [-0.3, -0.25) is 14.4 Å². The summed E-state index contributed by atoms with van der Waals surface area (Å²) in [6.07, 6.45) is 7.66. The number of benzene rings is 3. The Morgan fingerprint density at radius 2 is 1.62 bits per heavy atom. The van der Waals surface area contributed by atoms with Crippen LogP contribution in [0, 0.1) is 0 Å². The first kappa shape index (κ1) is 37.6. The fourth-order valence-electron chi connectivity index (χ4n) is 7.68.